The van der Waals surface area contributed by atoms with Crippen molar-refractivity contribution in [1.29, 1.82) is 0 Å². The molecule has 1 heterocycles. The van der Waals surface area contributed by atoms with Crippen LogP contribution in [-0.2, 0) is 9.47 Å². The molecule has 98 valence electrons. The number of ether oxygens (including phenoxy) is 2. The Morgan fingerprint density at radius 1 is 1.53 bits per heavy atom. The molecule has 5 nitrogen and oxygen atoms in total. The van der Waals surface area contributed by atoms with Crippen molar-refractivity contribution < 1.29 is 9.47 Å². The van der Waals surface area contributed by atoms with Gasteiger partial charge in [0.2, 0.25) is 0 Å². The van der Waals surface area contributed by atoms with Crippen LogP contribution in [0.4, 0.5) is 0 Å². The molecule has 5 heteroatoms. The molecular formula is C12H23N3O2. The number of guanidine groups is 1. The van der Waals surface area contributed by atoms with Crippen molar-refractivity contribution in [3.8, 4) is 0 Å². The minimum Gasteiger partial charge on any atom is -0.376 e. The Hall–Kier alpha value is -0.810. The molecule has 1 aliphatic heterocycles. The average molecular weight is 241 g/mol. The van der Waals surface area contributed by atoms with Crippen molar-refractivity contribution in [2.24, 2.45) is 10.7 Å². The molecule has 2 fully saturated rings. The minimum atomic E-state index is -0.0455. The molecule has 1 unspecified atom stereocenters. The zero-order chi connectivity index (χ0) is 12.1. The Morgan fingerprint density at radius 2 is 2.35 bits per heavy atom. The third-order valence-corrected chi connectivity index (χ3v) is 3.77. The largest absolute Gasteiger partial charge is 0.376 e. The number of rotatable bonds is 5. The van der Waals surface area contributed by atoms with E-state index in [9.17, 15) is 0 Å². The van der Waals surface area contributed by atoms with Gasteiger partial charge in [0.15, 0.2) is 5.96 Å². The Bertz CT molecular complexity index is 265. The molecule has 2 aliphatic rings. The number of nitrogens with zero attached hydrogens (tertiary/aromatic N) is 1. The van der Waals surface area contributed by atoms with Gasteiger partial charge in [0.1, 0.15) is 0 Å². The summed E-state index contributed by atoms with van der Waals surface area (Å²) in [5.41, 5.74) is 5.77. The molecule has 1 atom stereocenters. The molecule has 2 rings (SSSR count). The second-order valence-electron chi connectivity index (χ2n) is 4.96. The van der Waals surface area contributed by atoms with Crippen LogP contribution in [0, 0.1) is 0 Å². The lowest BCUT2D eigenvalue weighted by atomic mass is 9.80. The van der Waals surface area contributed by atoms with Crippen LogP contribution < -0.4 is 11.1 Å². The zero-order valence-electron chi connectivity index (χ0n) is 10.6. The Morgan fingerprint density at radius 3 is 2.88 bits per heavy atom. The van der Waals surface area contributed by atoms with Crippen LogP contribution in [0.5, 0.6) is 0 Å². The standard InChI is InChI=1S/C12H23N3O2/c1-16-12(5-3-6-12)9-15-11(13)14-8-10-4-2-7-17-10/h10H,2-9H2,1H3,(H3,13,14,15). The van der Waals surface area contributed by atoms with E-state index in [4.69, 9.17) is 15.2 Å². The van der Waals surface area contributed by atoms with Gasteiger partial charge in [-0.25, -0.2) is 0 Å². The lowest BCUT2D eigenvalue weighted by molar-refractivity contribution is -0.0630. The fourth-order valence-electron chi connectivity index (χ4n) is 2.31. The first kappa shape index (κ1) is 12.6. The Balaban J connectivity index is 1.69. The first-order chi connectivity index (χ1) is 8.24. The first-order valence-corrected chi connectivity index (χ1v) is 6.45. The van der Waals surface area contributed by atoms with Gasteiger partial charge in [0, 0.05) is 20.3 Å². The molecule has 1 saturated heterocycles. The van der Waals surface area contributed by atoms with E-state index in [1.165, 1.54) is 6.42 Å². The fraction of sp³-hybridized carbons (Fsp3) is 0.917. The highest BCUT2D eigenvalue weighted by atomic mass is 16.5. The van der Waals surface area contributed by atoms with Crippen LogP contribution in [0.3, 0.4) is 0 Å². The van der Waals surface area contributed by atoms with Gasteiger partial charge < -0.3 is 20.5 Å². The quantitative estimate of drug-likeness (QED) is 0.547. The third-order valence-electron chi connectivity index (χ3n) is 3.77. The van der Waals surface area contributed by atoms with E-state index in [1.807, 2.05) is 0 Å². The van der Waals surface area contributed by atoms with Crippen molar-refractivity contribution in [2.45, 2.75) is 43.8 Å². The van der Waals surface area contributed by atoms with Gasteiger partial charge in [-0.1, -0.05) is 0 Å². The molecule has 0 amide bonds. The normalized spacial score (nSPS) is 27.8. The summed E-state index contributed by atoms with van der Waals surface area (Å²) in [7, 11) is 1.75. The van der Waals surface area contributed by atoms with Crippen LogP contribution in [0.25, 0.3) is 0 Å². The summed E-state index contributed by atoms with van der Waals surface area (Å²) in [6, 6.07) is 0. The Labute approximate surface area is 103 Å². The van der Waals surface area contributed by atoms with Crippen molar-refractivity contribution in [2.75, 3.05) is 26.8 Å². The van der Waals surface area contributed by atoms with Crippen LogP contribution in [0.15, 0.2) is 4.99 Å². The van der Waals surface area contributed by atoms with E-state index in [0.29, 0.717) is 18.6 Å². The summed E-state index contributed by atoms with van der Waals surface area (Å²) in [5, 5.41) is 3.12. The molecule has 0 radical (unpaired) electrons. The van der Waals surface area contributed by atoms with Crippen LogP contribution in [-0.4, -0.2) is 44.5 Å². The number of nitrogens with two attached hydrogens (primary N) is 1. The maximum atomic E-state index is 5.82. The minimum absolute atomic E-state index is 0.0455. The molecule has 1 saturated carbocycles. The molecule has 0 bridgehead atoms. The highest BCUT2D eigenvalue weighted by Gasteiger charge is 2.36. The molecule has 17 heavy (non-hydrogen) atoms. The number of nitrogens with one attached hydrogen (secondary N) is 1. The van der Waals surface area contributed by atoms with Gasteiger partial charge in [-0.05, 0) is 32.1 Å². The van der Waals surface area contributed by atoms with Crippen molar-refractivity contribution in [3.63, 3.8) is 0 Å². The number of aliphatic imine (C=N–C) groups is 1. The van der Waals surface area contributed by atoms with E-state index >= 15 is 0 Å². The fourth-order valence-corrected chi connectivity index (χ4v) is 2.31. The molecule has 3 N–H and O–H groups in total. The van der Waals surface area contributed by atoms with Gasteiger partial charge in [-0.3, -0.25) is 4.99 Å². The molecule has 0 aromatic heterocycles. The third kappa shape index (κ3) is 3.33. The summed E-state index contributed by atoms with van der Waals surface area (Å²) in [5.74, 6) is 0.504. The predicted molar refractivity (Wildman–Crippen MR) is 67.1 cm³/mol. The molecule has 1 aliphatic carbocycles. The monoisotopic (exact) mass is 241 g/mol. The lowest BCUT2D eigenvalue weighted by Gasteiger charge is -2.39. The summed E-state index contributed by atoms with van der Waals surface area (Å²) < 4.78 is 11.0. The van der Waals surface area contributed by atoms with E-state index in [2.05, 4.69) is 10.3 Å². The number of methoxy groups -OCH3 is 1. The SMILES string of the molecule is COC1(CN=C(N)NCC2CCCO2)CCC1. The van der Waals surface area contributed by atoms with E-state index in [0.717, 1.165) is 38.8 Å². The second kappa shape index (κ2) is 5.69. The van der Waals surface area contributed by atoms with E-state index in [1.54, 1.807) is 7.11 Å². The molecule has 0 aromatic rings. The highest BCUT2D eigenvalue weighted by Crippen LogP contribution is 2.35. The van der Waals surface area contributed by atoms with Crippen LogP contribution in [0.2, 0.25) is 0 Å². The van der Waals surface area contributed by atoms with Crippen molar-refractivity contribution in [1.82, 2.24) is 5.32 Å². The average Bonchev–Trinajstić information content (AvgIpc) is 2.78. The van der Waals surface area contributed by atoms with Gasteiger partial charge in [0.05, 0.1) is 18.2 Å². The van der Waals surface area contributed by atoms with Gasteiger partial charge >= 0.3 is 0 Å². The van der Waals surface area contributed by atoms with Crippen molar-refractivity contribution >= 4 is 5.96 Å². The number of hydrogen-bond donors (Lipinski definition) is 2. The smallest absolute Gasteiger partial charge is 0.188 e. The highest BCUT2D eigenvalue weighted by molar-refractivity contribution is 5.77. The van der Waals surface area contributed by atoms with E-state index in [-0.39, 0.29) is 5.60 Å². The number of hydrogen-bond acceptors (Lipinski definition) is 3. The topological polar surface area (TPSA) is 68.9 Å². The maximum absolute atomic E-state index is 5.82. The van der Waals surface area contributed by atoms with Crippen LogP contribution in [0.1, 0.15) is 32.1 Å². The summed E-state index contributed by atoms with van der Waals surface area (Å²) in [6.45, 7) is 2.29. The molecule has 0 aromatic carbocycles. The molecule has 0 spiro atoms. The zero-order valence-corrected chi connectivity index (χ0v) is 10.6. The van der Waals surface area contributed by atoms with Gasteiger partial charge in [-0.15, -0.1) is 0 Å². The maximum Gasteiger partial charge on any atom is 0.188 e. The van der Waals surface area contributed by atoms with Crippen molar-refractivity contribution in [3.05, 3.63) is 0 Å². The van der Waals surface area contributed by atoms with Gasteiger partial charge in [-0.2, -0.15) is 0 Å². The van der Waals surface area contributed by atoms with E-state index < -0.39 is 0 Å². The summed E-state index contributed by atoms with van der Waals surface area (Å²) in [6.07, 6.45) is 5.96. The molecular weight excluding hydrogens is 218 g/mol. The lowest BCUT2D eigenvalue weighted by Crippen LogP contribution is -2.44. The first-order valence-electron chi connectivity index (χ1n) is 6.45. The Kier molecular flexibility index (Phi) is 4.23. The summed E-state index contributed by atoms with van der Waals surface area (Å²) >= 11 is 0. The van der Waals surface area contributed by atoms with Gasteiger partial charge in [0.25, 0.3) is 0 Å². The second-order valence-corrected chi connectivity index (χ2v) is 4.96. The van der Waals surface area contributed by atoms with Crippen LogP contribution >= 0.6 is 0 Å². The summed E-state index contributed by atoms with van der Waals surface area (Å²) in [4.78, 5) is 4.35. The predicted octanol–water partition coefficient (Wildman–Crippen LogP) is 0.639.